The van der Waals surface area contributed by atoms with Crippen molar-refractivity contribution in [1.29, 1.82) is 0 Å². The first-order valence-corrected chi connectivity index (χ1v) is 8.73. The molecule has 0 aliphatic rings. The molecule has 0 saturated heterocycles. The van der Waals surface area contributed by atoms with Crippen LogP contribution in [-0.4, -0.2) is 5.11 Å². The van der Waals surface area contributed by atoms with E-state index in [0.29, 0.717) is 0 Å². The van der Waals surface area contributed by atoms with Crippen molar-refractivity contribution < 1.29 is 5.11 Å². The molecule has 26 heavy (non-hydrogen) atoms. The van der Waals surface area contributed by atoms with Gasteiger partial charge in [0.1, 0.15) is 5.75 Å². The van der Waals surface area contributed by atoms with Crippen molar-refractivity contribution in [2.75, 3.05) is 0 Å². The maximum atomic E-state index is 9.41. The molecule has 0 aliphatic heterocycles. The number of hydrogen-bond acceptors (Lipinski definition) is 1. The molecular weight excluding hydrogens is 316 g/mol. The number of benzene rings is 3. The molecule has 0 atom stereocenters. The summed E-state index contributed by atoms with van der Waals surface area (Å²) in [6.45, 7) is 0. The van der Waals surface area contributed by atoms with Crippen LogP contribution in [0.25, 0.3) is 18.2 Å². The zero-order valence-corrected chi connectivity index (χ0v) is 14.6. The van der Waals surface area contributed by atoms with Gasteiger partial charge in [0, 0.05) is 5.92 Å². The van der Waals surface area contributed by atoms with E-state index in [1.807, 2.05) is 48.5 Å². The number of hydrogen-bond donors (Lipinski definition) is 1. The summed E-state index contributed by atoms with van der Waals surface area (Å²) in [5, 5.41) is 9.41. The first kappa shape index (κ1) is 17.5. The Balaban J connectivity index is 1.79. The summed E-state index contributed by atoms with van der Waals surface area (Å²) < 4.78 is 0. The lowest BCUT2D eigenvalue weighted by molar-refractivity contribution is 0.475. The lowest BCUT2D eigenvalue weighted by Crippen LogP contribution is -1.86. The summed E-state index contributed by atoms with van der Waals surface area (Å²) in [5.41, 5.74) is 3.43. The second-order valence-corrected chi connectivity index (χ2v) is 6.07. The van der Waals surface area contributed by atoms with Crippen LogP contribution in [0.4, 0.5) is 0 Å². The molecule has 0 bridgehead atoms. The lowest BCUT2D eigenvalue weighted by atomic mass is 10.0. The van der Waals surface area contributed by atoms with Crippen LogP contribution in [0.5, 0.6) is 5.75 Å². The fourth-order valence-corrected chi connectivity index (χ4v) is 2.57. The van der Waals surface area contributed by atoms with Gasteiger partial charge in [-0.2, -0.15) is 0 Å². The normalized spacial score (nSPS) is 12.9. The van der Waals surface area contributed by atoms with Gasteiger partial charge in [-0.15, -0.1) is 0 Å². The Morgan fingerprint density at radius 3 is 1.31 bits per heavy atom. The molecule has 3 rings (SSSR count). The Labute approximate surface area is 155 Å². The second-order valence-electron chi connectivity index (χ2n) is 6.07. The van der Waals surface area contributed by atoms with Crippen LogP contribution in [0.3, 0.4) is 0 Å². The zero-order valence-electron chi connectivity index (χ0n) is 14.6. The smallest absolute Gasteiger partial charge is 0.115 e. The Morgan fingerprint density at radius 1 is 0.500 bits per heavy atom. The number of phenolic OH excluding ortho intramolecular Hbond substituents is 1. The lowest BCUT2D eigenvalue weighted by Gasteiger charge is -2.03. The minimum Gasteiger partial charge on any atom is -0.508 e. The molecule has 1 nitrogen and oxygen atoms in total. The van der Waals surface area contributed by atoms with E-state index < -0.39 is 0 Å². The Kier molecular flexibility index (Phi) is 6.22. The first-order chi connectivity index (χ1) is 12.8. The Bertz CT molecular complexity index is 823. The summed E-state index contributed by atoms with van der Waals surface area (Å²) in [6, 6.07) is 27.8. The standard InChI is InChI=1S/C25H22O/c26-25-19-17-24(18-20-25)16-15-23(13-11-21-7-3-1-4-8-21)14-12-22-9-5-2-6-10-22/h1-20,23,26H. The monoisotopic (exact) mass is 338 g/mol. The Morgan fingerprint density at radius 2 is 0.885 bits per heavy atom. The topological polar surface area (TPSA) is 20.2 Å². The molecule has 3 aromatic rings. The summed E-state index contributed by atoms with van der Waals surface area (Å²) in [5.74, 6) is 0.455. The molecule has 3 aromatic carbocycles. The van der Waals surface area contributed by atoms with Crippen molar-refractivity contribution in [3.8, 4) is 5.75 Å². The van der Waals surface area contributed by atoms with Gasteiger partial charge in [-0.05, 0) is 28.8 Å². The highest BCUT2D eigenvalue weighted by atomic mass is 16.3. The SMILES string of the molecule is Oc1ccc(C=CC(C=Cc2ccccc2)C=Cc2ccccc2)cc1. The predicted octanol–water partition coefficient (Wildman–Crippen LogP) is 6.45. The number of rotatable bonds is 6. The molecule has 0 aliphatic carbocycles. The van der Waals surface area contributed by atoms with Crippen molar-refractivity contribution in [2.24, 2.45) is 5.92 Å². The Hall–Kier alpha value is -3.32. The summed E-state index contributed by atoms with van der Waals surface area (Å²) >= 11 is 0. The third-order valence-corrected chi connectivity index (χ3v) is 4.02. The summed E-state index contributed by atoms with van der Waals surface area (Å²) in [6.07, 6.45) is 12.9. The van der Waals surface area contributed by atoms with Crippen molar-refractivity contribution >= 4 is 18.2 Å². The number of aromatic hydroxyl groups is 1. The maximum Gasteiger partial charge on any atom is 0.115 e. The van der Waals surface area contributed by atoms with E-state index in [4.69, 9.17) is 0 Å². The van der Waals surface area contributed by atoms with Gasteiger partial charge < -0.3 is 5.11 Å². The van der Waals surface area contributed by atoms with Crippen LogP contribution >= 0.6 is 0 Å². The fraction of sp³-hybridized carbons (Fsp3) is 0.0400. The highest BCUT2D eigenvalue weighted by Gasteiger charge is 1.96. The van der Waals surface area contributed by atoms with Crippen molar-refractivity contribution in [3.05, 3.63) is 120 Å². The zero-order chi connectivity index (χ0) is 18.0. The van der Waals surface area contributed by atoms with Gasteiger partial charge in [0.25, 0.3) is 0 Å². The summed E-state index contributed by atoms with van der Waals surface area (Å²) in [4.78, 5) is 0. The minimum atomic E-state index is 0.171. The van der Waals surface area contributed by atoms with Crippen LogP contribution < -0.4 is 0 Å². The molecule has 0 radical (unpaired) electrons. The third kappa shape index (κ3) is 5.64. The van der Waals surface area contributed by atoms with E-state index in [-0.39, 0.29) is 11.7 Å². The van der Waals surface area contributed by atoms with Crippen molar-refractivity contribution in [2.45, 2.75) is 0 Å². The minimum absolute atomic E-state index is 0.171. The van der Waals surface area contributed by atoms with Gasteiger partial charge in [0.2, 0.25) is 0 Å². The second kappa shape index (κ2) is 9.24. The van der Waals surface area contributed by atoms with Crippen molar-refractivity contribution in [1.82, 2.24) is 0 Å². The van der Waals surface area contributed by atoms with E-state index in [1.165, 1.54) is 11.1 Å². The molecule has 1 N–H and O–H groups in total. The van der Waals surface area contributed by atoms with Crippen LogP contribution in [0.15, 0.2) is 103 Å². The van der Waals surface area contributed by atoms with E-state index in [9.17, 15) is 5.11 Å². The van der Waals surface area contributed by atoms with Gasteiger partial charge in [0.05, 0.1) is 0 Å². The van der Waals surface area contributed by atoms with Gasteiger partial charge in [0.15, 0.2) is 0 Å². The van der Waals surface area contributed by atoms with Crippen LogP contribution in [0.2, 0.25) is 0 Å². The molecule has 0 spiro atoms. The van der Waals surface area contributed by atoms with Gasteiger partial charge in [-0.1, -0.05) is 109 Å². The molecule has 0 aromatic heterocycles. The molecule has 0 fully saturated rings. The molecule has 0 saturated carbocycles. The average molecular weight is 338 g/mol. The number of allylic oxidation sites excluding steroid dienone is 3. The largest absolute Gasteiger partial charge is 0.508 e. The summed E-state index contributed by atoms with van der Waals surface area (Å²) in [7, 11) is 0. The van der Waals surface area contributed by atoms with Crippen molar-refractivity contribution in [3.63, 3.8) is 0 Å². The molecule has 128 valence electrons. The van der Waals surface area contributed by atoms with Gasteiger partial charge in [-0.25, -0.2) is 0 Å². The average Bonchev–Trinajstić information content (AvgIpc) is 2.70. The van der Waals surface area contributed by atoms with Gasteiger partial charge in [-0.3, -0.25) is 0 Å². The first-order valence-electron chi connectivity index (χ1n) is 8.73. The molecule has 1 heteroatoms. The highest BCUT2D eigenvalue weighted by Crippen LogP contribution is 2.15. The quantitative estimate of drug-likeness (QED) is 0.547. The molecule has 0 amide bonds. The van der Waals surface area contributed by atoms with Crippen LogP contribution in [0.1, 0.15) is 16.7 Å². The van der Waals surface area contributed by atoms with E-state index in [0.717, 1.165) is 5.56 Å². The molecule has 0 heterocycles. The van der Waals surface area contributed by atoms with E-state index in [1.54, 1.807) is 12.1 Å². The molecular formula is C25H22O. The van der Waals surface area contributed by atoms with Crippen LogP contribution in [0, 0.1) is 5.92 Å². The van der Waals surface area contributed by atoms with E-state index in [2.05, 4.69) is 60.7 Å². The maximum absolute atomic E-state index is 9.41. The highest BCUT2D eigenvalue weighted by molar-refractivity contribution is 5.57. The third-order valence-electron chi connectivity index (χ3n) is 4.02. The predicted molar refractivity (Wildman–Crippen MR) is 112 cm³/mol. The fourth-order valence-electron chi connectivity index (χ4n) is 2.57. The van der Waals surface area contributed by atoms with Gasteiger partial charge >= 0.3 is 0 Å². The van der Waals surface area contributed by atoms with E-state index >= 15 is 0 Å². The van der Waals surface area contributed by atoms with Crippen LogP contribution in [-0.2, 0) is 0 Å². The number of phenols is 1. The molecule has 0 unspecified atom stereocenters.